The fourth-order valence-electron chi connectivity index (χ4n) is 10.0. The highest BCUT2D eigenvalue weighted by molar-refractivity contribution is 6.27. The van der Waals surface area contributed by atoms with Crippen LogP contribution in [0.5, 0.6) is 0 Å². The third-order valence-corrected chi connectivity index (χ3v) is 12.9. The van der Waals surface area contributed by atoms with Crippen LogP contribution in [0, 0.1) is 0 Å². The van der Waals surface area contributed by atoms with Gasteiger partial charge in [0.2, 0.25) is 0 Å². The summed E-state index contributed by atoms with van der Waals surface area (Å²) < 4.78 is 4.90. The molecule has 3 aromatic heterocycles. The molecular weight excluding hydrogens is 777 g/mol. The smallest absolute Gasteiger partial charge is 0.0973 e. The molecule has 0 amide bonds. The lowest BCUT2D eigenvalue weighted by molar-refractivity contribution is 1.17. The van der Waals surface area contributed by atoms with E-state index in [2.05, 4.69) is 228 Å². The van der Waals surface area contributed by atoms with Crippen LogP contribution in [-0.4, -0.2) is 19.1 Å². The highest BCUT2D eigenvalue weighted by Crippen LogP contribution is 2.45. The molecule has 0 spiro atoms. The van der Waals surface area contributed by atoms with Gasteiger partial charge in [-0.1, -0.05) is 176 Å². The first-order valence-corrected chi connectivity index (χ1v) is 21.8. The van der Waals surface area contributed by atoms with Gasteiger partial charge in [-0.05, 0) is 82.1 Å². The fourth-order valence-corrected chi connectivity index (χ4v) is 10.0. The summed E-state index contributed by atoms with van der Waals surface area (Å²) in [4.78, 5) is 10.8. The van der Waals surface area contributed by atoms with Crippen molar-refractivity contribution in [3.05, 3.63) is 231 Å². The Kier molecular flexibility index (Phi) is 8.18. The van der Waals surface area contributed by atoms with Crippen LogP contribution >= 0.6 is 0 Å². The lowest BCUT2D eigenvalue weighted by Crippen LogP contribution is -1.98. The van der Waals surface area contributed by atoms with E-state index in [1.165, 1.54) is 49.0 Å². The van der Waals surface area contributed by atoms with E-state index in [0.717, 1.165) is 72.6 Å². The van der Waals surface area contributed by atoms with Crippen molar-refractivity contribution in [3.8, 4) is 56.1 Å². The van der Waals surface area contributed by atoms with Crippen molar-refractivity contribution in [2.75, 3.05) is 0 Å². The molecule has 0 aliphatic carbocycles. The molecule has 0 atom stereocenters. The van der Waals surface area contributed by atoms with Crippen molar-refractivity contribution in [2.45, 2.75) is 0 Å². The molecular formula is C60H38N4. The molecule has 13 aromatic rings. The van der Waals surface area contributed by atoms with Crippen molar-refractivity contribution in [2.24, 2.45) is 0 Å². The highest BCUT2D eigenvalue weighted by atomic mass is 15.0. The zero-order valence-corrected chi connectivity index (χ0v) is 34.7. The van der Waals surface area contributed by atoms with Crippen LogP contribution in [0.3, 0.4) is 0 Å². The highest BCUT2D eigenvalue weighted by Gasteiger charge is 2.22. The van der Waals surface area contributed by atoms with Crippen LogP contribution in [0.15, 0.2) is 231 Å². The summed E-state index contributed by atoms with van der Waals surface area (Å²) in [6.07, 6.45) is 0. The van der Waals surface area contributed by atoms with Gasteiger partial charge in [0.25, 0.3) is 0 Å². The lowest BCUT2D eigenvalue weighted by atomic mass is 9.94. The van der Waals surface area contributed by atoms with Gasteiger partial charge >= 0.3 is 0 Å². The topological polar surface area (TPSA) is 35.6 Å². The monoisotopic (exact) mass is 814 g/mol. The number of fused-ring (bicyclic) bond motifs is 9. The molecule has 0 unspecified atom stereocenters. The summed E-state index contributed by atoms with van der Waals surface area (Å²) in [5.41, 5.74) is 17.0. The first-order valence-electron chi connectivity index (χ1n) is 21.8. The van der Waals surface area contributed by atoms with E-state index in [4.69, 9.17) is 9.97 Å². The number of hydrogen-bond acceptors (Lipinski definition) is 2. The van der Waals surface area contributed by atoms with E-state index in [0.29, 0.717) is 0 Å². The molecule has 64 heavy (non-hydrogen) atoms. The summed E-state index contributed by atoms with van der Waals surface area (Å²) in [5, 5.41) is 7.42. The third kappa shape index (κ3) is 5.63. The predicted octanol–water partition coefficient (Wildman–Crippen LogP) is 15.6. The van der Waals surface area contributed by atoms with Gasteiger partial charge in [-0.3, -0.25) is 0 Å². The van der Waals surface area contributed by atoms with E-state index < -0.39 is 0 Å². The van der Waals surface area contributed by atoms with Crippen molar-refractivity contribution >= 4 is 65.4 Å². The van der Waals surface area contributed by atoms with Gasteiger partial charge in [0.15, 0.2) is 0 Å². The van der Waals surface area contributed by atoms with Crippen LogP contribution in [0.4, 0.5) is 0 Å². The first-order chi connectivity index (χ1) is 31.8. The largest absolute Gasteiger partial charge is 0.309 e. The third-order valence-electron chi connectivity index (χ3n) is 12.9. The summed E-state index contributed by atoms with van der Waals surface area (Å²) >= 11 is 0. The summed E-state index contributed by atoms with van der Waals surface area (Å²) in [6, 6.07) is 82.6. The first kappa shape index (κ1) is 36.1. The van der Waals surface area contributed by atoms with Crippen LogP contribution in [0.2, 0.25) is 0 Å². The molecule has 0 fully saturated rings. The van der Waals surface area contributed by atoms with Crippen molar-refractivity contribution in [1.82, 2.24) is 19.1 Å². The average Bonchev–Trinajstić information content (AvgIpc) is 3.87. The Bertz CT molecular complexity index is 3930. The molecule has 4 nitrogen and oxygen atoms in total. The molecule has 298 valence electrons. The standard InChI is InChI=1S/C60H38N4/c1-5-19-39(20-6-1)49-37-56-57(48-31-14-13-29-46(48)49)51-36-50-47-30-15-16-34-53(47)64(54(50)38-55(51)63(56)43-26-11-4-12-27-43)44-28-17-25-42(35-44)45-32-18-33-52-60(45)62-59(41-23-9-3-10-24-41)58(61-52)40-21-7-2-8-22-40/h1-38H. The fraction of sp³-hybridized carbons (Fsp3) is 0. The molecule has 0 saturated carbocycles. The van der Waals surface area contributed by atoms with E-state index in [-0.39, 0.29) is 0 Å². The Hall–Kier alpha value is -8.60. The summed E-state index contributed by atoms with van der Waals surface area (Å²) in [5.74, 6) is 0. The molecule has 3 heterocycles. The number of aromatic nitrogens is 4. The minimum Gasteiger partial charge on any atom is -0.309 e. The second-order valence-corrected chi connectivity index (χ2v) is 16.5. The SMILES string of the molecule is c1ccc(-c2nc3cccc(-c4cccc(-n5c6ccccc6c6cc7c8c9ccccc9c(-c9ccccc9)cc8n(-c8ccccc8)c7cc65)c4)c3nc2-c2ccccc2)cc1. The number of nitrogens with zero attached hydrogens (tertiary/aromatic N) is 4. The Morgan fingerprint density at radius 2 is 0.828 bits per heavy atom. The molecule has 13 rings (SSSR count). The van der Waals surface area contributed by atoms with E-state index in [1.807, 2.05) is 12.1 Å². The van der Waals surface area contributed by atoms with E-state index in [9.17, 15) is 0 Å². The second kappa shape index (κ2) is 14.5. The van der Waals surface area contributed by atoms with Crippen LogP contribution in [0.1, 0.15) is 0 Å². The lowest BCUT2D eigenvalue weighted by Gasteiger charge is -2.14. The molecule has 0 radical (unpaired) electrons. The number of hydrogen-bond donors (Lipinski definition) is 0. The predicted molar refractivity (Wildman–Crippen MR) is 267 cm³/mol. The molecule has 4 heteroatoms. The van der Waals surface area contributed by atoms with Crippen LogP contribution in [0.25, 0.3) is 122 Å². The maximum absolute atomic E-state index is 5.46. The zero-order chi connectivity index (χ0) is 42.1. The minimum absolute atomic E-state index is 0.859. The van der Waals surface area contributed by atoms with Gasteiger partial charge in [-0.15, -0.1) is 0 Å². The van der Waals surface area contributed by atoms with Gasteiger partial charge < -0.3 is 9.13 Å². The molecule has 0 bridgehead atoms. The molecule has 10 aromatic carbocycles. The number of rotatable bonds is 6. The quantitative estimate of drug-likeness (QED) is 0.168. The normalized spacial score (nSPS) is 11.8. The molecule has 0 N–H and O–H groups in total. The van der Waals surface area contributed by atoms with Gasteiger partial charge in [-0.2, -0.15) is 0 Å². The summed E-state index contributed by atoms with van der Waals surface area (Å²) in [6.45, 7) is 0. The number of para-hydroxylation sites is 3. The van der Waals surface area contributed by atoms with Crippen molar-refractivity contribution in [3.63, 3.8) is 0 Å². The van der Waals surface area contributed by atoms with Crippen LogP contribution < -0.4 is 0 Å². The average molecular weight is 815 g/mol. The van der Waals surface area contributed by atoms with Gasteiger partial charge in [0, 0.05) is 49.6 Å². The second-order valence-electron chi connectivity index (χ2n) is 16.5. The van der Waals surface area contributed by atoms with Gasteiger partial charge in [0.05, 0.1) is 44.5 Å². The minimum atomic E-state index is 0.859. The van der Waals surface area contributed by atoms with E-state index in [1.54, 1.807) is 0 Å². The Morgan fingerprint density at radius 3 is 1.56 bits per heavy atom. The van der Waals surface area contributed by atoms with Gasteiger partial charge in [-0.25, -0.2) is 9.97 Å². The molecule has 0 aliphatic heterocycles. The summed E-state index contributed by atoms with van der Waals surface area (Å²) in [7, 11) is 0. The van der Waals surface area contributed by atoms with E-state index >= 15 is 0 Å². The van der Waals surface area contributed by atoms with Crippen molar-refractivity contribution < 1.29 is 0 Å². The molecule has 0 aliphatic rings. The Labute approximate surface area is 369 Å². The van der Waals surface area contributed by atoms with Crippen molar-refractivity contribution in [1.29, 1.82) is 0 Å². The Morgan fingerprint density at radius 1 is 0.281 bits per heavy atom. The van der Waals surface area contributed by atoms with Crippen LogP contribution in [-0.2, 0) is 0 Å². The maximum Gasteiger partial charge on any atom is 0.0973 e. The number of benzene rings is 10. The maximum atomic E-state index is 5.46. The van der Waals surface area contributed by atoms with Gasteiger partial charge in [0.1, 0.15) is 0 Å². The zero-order valence-electron chi connectivity index (χ0n) is 34.7. The Balaban J connectivity index is 1.07. The molecule has 0 saturated heterocycles.